The third-order valence-corrected chi connectivity index (χ3v) is 3.16. The lowest BCUT2D eigenvalue weighted by Crippen LogP contribution is -2.02. The van der Waals surface area contributed by atoms with Crippen molar-refractivity contribution in [2.75, 3.05) is 0 Å². The number of carbonyl (C=O) groups is 2. The van der Waals surface area contributed by atoms with Crippen molar-refractivity contribution >= 4 is 23.2 Å². The average molecular weight is 278 g/mol. The molecular formula is C16H10N2O3. The second-order valence-corrected chi connectivity index (χ2v) is 4.44. The summed E-state index contributed by atoms with van der Waals surface area (Å²) in [5.41, 5.74) is 1.81. The van der Waals surface area contributed by atoms with E-state index in [1.807, 2.05) is 0 Å². The molecule has 0 atom stereocenters. The lowest BCUT2D eigenvalue weighted by Gasteiger charge is -2.07. The van der Waals surface area contributed by atoms with Gasteiger partial charge < -0.3 is 5.11 Å². The van der Waals surface area contributed by atoms with Crippen LogP contribution in [0, 0.1) is 0 Å². The molecule has 0 bridgehead atoms. The number of para-hydroxylation sites is 1. The summed E-state index contributed by atoms with van der Waals surface area (Å²) in [5.74, 6) is -1.07. The number of hydrogen-bond donors (Lipinski definition) is 1. The quantitative estimate of drug-likeness (QED) is 0.745. The first-order valence-corrected chi connectivity index (χ1v) is 6.24. The van der Waals surface area contributed by atoms with E-state index in [1.54, 1.807) is 42.6 Å². The topological polar surface area (TPSA) is 80.2 Å². The molecule has 0 saturated carbocycles. The van der Waals surface area contributed by atoms with Crippen LogP contribution in [0.2, 0.25) is 0 Å². The first kappa shape index (κ1) is 12.9. The van der Waals surface area contributed by atoms with Crippen LogP contribution < -0.4 is 0 Å². The van der Waals surface area contributed by atoms with Crippen molar-refractivity contribution in [3.63, 3.8) is 0 Å². The second-order valence-electron chi connectivity index (χ2n) is 4.44. The smallest absolute Gasteiger partial charge is 0.336 e. The molecule has 0 saturated heterocycles. The number of carboxylic acid groups (broad SMARTS) is 1. The van der Waals surface area contributed by atoms with Crippen molar-refractivity contribution in [1.29, 1.82) is 0 Å². The number of aromatic nitrogens is 2. The number of fused-ring (bicyclic) bond motifs is 1. The fraction of sp³-hybridized carbons (Fsp3) is 0. The van der Waals surface area contributed by atoms with Crippen molar-refractivity contribution in [1.82, 2.24) is 9.97 Å². The molecule has 0 amide bonds. The number of aldehydes is 1. The molecule has 1 N–H and O–H groups in total. The normalized spacial score (nSPS) is 10.5. The Kier molecular flexibility index (Phi) is 3.16. The Morgan fingerprint density at radius 2 is 1.95 bits per heavy atom. The molecule has 0 fully saturated rings. The molecule has 3 aromatic rings. The number of pyridine rings is 2. The number of carbonyl (C=O) groups excluding carboxylic acids is 1. The molecule has 0 radical (unpaired) electrons. The summed E-state index contributed by atoms with van der Waals surface area (Å²) in [5, 5.41) is 9.82. The van der Waals surface area contributed by atoms with E-state index in [2.05, 4.69) is 9.97 Å². The van der Waals surface area contributed by atoms with Gasteiger partial charge in [0, 0.05) is 17.1 Å². The molecule has 21 heavy (non-hydrogen) atoms. The highest BCUT2D eigenvalue weighted by molar-refractivity contribution is 6.07. The van der Waals surface area contributed by atoms with Gasteiger partial charge in [-0.25, -0.2) is 9.78 Å². The summed E-state index contributed by atoms with van der Waals surface area (Å²) >= 11 is 0. The average Bonchev–Trinajstić information content (AvgIpc) is 2.53. The molecule has 5 heteroatoms. The van der Waals surface area contributed by atoms with E-state index in [0.29, 0.717) is 34.1 Å². The van der Waals surface area contributed by atoms with Crippen LogP contribution in [-0.2, 0) is 0 Å². The van der Waals surface area contributed by atoms with Gasteiger partial charge in [-0.15, -0.1) is 0 Å². The maximum absolute atomic E-state index is 11.5. The summed E-state index contributed by atoms with van der Waals surface area (Å²) in [6.45, 7) is 0. The van der Waals surface area contributed by atoms with Crippen LogP contribution in [0.3, 0.4) is 0 Å². The minimum absolute atomic E-state index is 0.101. The molecule has 0 aliphatic rings. The lowest BCUT2D eigenvalue weighted by molar-refractivity contribution is 0.0698. The highest BCUT2D eigenvalue weighted by atomic mass is 16.4. The lowest BCUT2D eigenvalue weighted by atomic mass is 10.0. The fourth-order valence-electron chi connectivity index (χ4n) is 2.19. The Bertz CT molecular complexity index is 845. The summed E-state index contributed by atoms with van der Waals surface area (Å²) in [7, 11) is 0. The van der Waals surface area contributed by atoms with Gasteiger partial charge in [0.2, 0.25) is 0 Å². The van der Waals surface area contributed by atoms with Crippen molar-refractivity contribution in [2.24, 2.45) is 0 Å². The van der Waals surface area contributed by atoms with E-state index >= 15 is 0 Å². The Morgan fingerprint density at radius 1 is 1.10 bits per heavy atom. The third kappa shape index (κ3) is 2.25. The second kappa shape index (κ2) is 5.13. The van der Waals surface area contributed by atoms with Crippen LogP contribution in [0.5, 0.6) is 0 Å². The zero-order chi connectivity index (χ0) is 14.8. The van der Waals surface area contributed by atoms with E-state index in [4.69, 9.17) is 0 Å². The molecule has 0 aliphatic heterocycles. The highest BCUT2D eigenvalue weighted by Crippen LogP contribution is 2.25. The predicted molar refractivity (Wildman–Crippen MR) is 77.3 cm³/mol. The van der Waals surface area contributed by atoms with Crippen molar-refractivity contribution in [3.05, 3.63) is 59.8 Å². The summed E-state index contributed by atoms with van der Waals surface area (Å²) in [6, 6.07) is 11.7. The van der Waals surface area contributed by atoms with Gasteiger partial charge in [-0.2, -0.15) is 0 Å². The monoisotopic (exact) mass is 278 g/mol. The maximum atomic E-state index is 11.5. The molecule has 2 heterocycles. The molecular weight excluding hydrogens is 268 g/mol. The molecule has 1 aromatic carbocycles. The van der Waals surface area contributed by atoms with Gasteiger partial charge in [0.15, 0.2) is 6.29 Å². The number of carboxylic acids is 1. The first-order chi connectivity index (χ1) is 10.2. The molecule has 3 rings (SSSR count). The van der Waals surface area contributed by atoms with Crippen molar-refractivity contribution in [2.45, 2.75) is 0 Å². The van der Waals surface area contributed by atoms with E-state index in [9.17, 15) is 14.7 Å². The highest BCUT2D eigenvalue weighted by Gasteiger charge is 2.15. The van der Waals surface area contributed by atoms with Crippen LogP contribution in [0.15, 0.2) is 48.7 Å². The zero-order valence-corrected chi connectivity index (χ0v) is 10.9. The summed E-state index contributed by atoms with van der Waals surface area (Å²) in [4.78, 5) is 31.2. The van der Waals surface area contributed by atoms with E-state index in [0.717, 1.165) is 0 Å². The Hall–Kier alpha value is -3.08. The minimum Gasteiger partial charge on any atom is -0.478 e. The number of nitrogens with zero attached hydrogens (tertiary/aromatic N) is 2. The molecule has 0 aliphatic carbocycles. The summed E-state index contributed by atoms with van der Waals surface area (Å²) < 4.78 is 0. The standard InChI is InChI=1S/C16H10N2O3/c19-9-10-4-3-5-11-12(16(20)21)8-14(18-15(10)11)13-6-1-2-7-17-13/h1-9H,(H,20,21). The van der Waals surface area contributed by atoms with Gasteiger partial charge in [0.05, 0.1) is 22.5 Å². The first-order valence-electron chi connectivity index (χ1n) is 6.24. The van der Waals surface area contributed by atoms with Crippen LogP contribution in [0.25, 0.3) is 22.3 Å². The number of hydrogen-bond acceptors (Lipinski definition) is 4. The molecule has 0 spiro atoms. The summed E-state index contributed by atoms with van der Waals surface area (Å²) in [6.07, 6.45) is 2.27. The van der Waals surface area contributed by atoms with E-state index in [-0.39, 0.29) is 5.56 Å². The van der Waals surface area contributed by atoms with Gasteiger partial charge in [-0.05, 0) is 24.3 Å². The minimum atomic E-state index is -1.07. The Labute approximate surface area is 119 Å². The van der Waals surface area contributed by atoms with Crippen LogP contribution in [0.4, 0.5) is 0 Å². The van der Waals surface area contributed by atoms with E-state index in [1.165, 1.54) is 6.07 Å². The SMILES string of the molecule is O=Cc1cccc2c(C(=O)O)cc(-c3ccccn3)nc12. The molecule has 102 valence electrons. The maximum Gasteiger partial charge on any atom is 0.336 e. The predicted octanol–water partition coefficient (Wildman–Crippen LogP) is 2.81. The molecule has 2 aromatic heterocycles. The van der Waals surface area contributed by atoms with Gasteiger partial charge in [-0.3, -0.25) is 9.78 Å². The number of rotatable bonds is 3. The van der Waals surface area contributed by atoms with Crippen molar-refractivity contribution < 1.29 is 14.7 Å². The van der Waals surface area contributed by atoms with Crippen LogP contribution in [-0.4, -0.2) is 27.3 Å². The Morgan fingerprint density at radius 3 is 2.62 bits per heavy atom. The number of aromatic carboxylic acids is 1. The van der Waals surface area contributed by atoms with Gasteiger partial charge in [0.25, 0.3) is 0 Å². The van der Waals surface area contributed by atoms with Gasteiger partial charge in [-0.1, -0.05) is 18.2 Å². The van der Waals surface area contributed by atoms with Gasteiger partial charge >= 0.3 is 5.97 Å². The largest absolute Gasteiger partial charge is 0.478 e. The zero-order valence-electron chi connectivity index (χ0n) is 10.9. The Balaban J connectivity index is 2.38. The van der Waals surface area contributed by atoms with Crippen molar-refractivity contribution in [3.8, 4) is 11.4 Å². The molecule has 0 unspecified atom stereocenters. The van der Waals surface area contributed by atoms with Gasteiger partial charge in [0.1, 0.15) is 0 Å². The van der Waals surface area contributed by atoms with E-state index < -0.39 is 5.97 Å². The molecule has 5 nitrogen and oxygen atoms in total. The van der Waals surface area contributed by atoms with Crippen LogP contribution >= 0.6 is 0 Å². The van der Waals surface area contributed by atoms with Crippen LogP contribution in [0.1, 0.15) is 20.7 Å². The number of benzene rings is 1. The fourth-order valence-corrected chi connectivity index (χ4v) is 2.19. The third-order valence-electron chi connectivity index (χ3n) is 3.16.